The van der Waals surface area contributed by atoms with Crippen LogP contribution in [0.5, 0.6) is 0 Å². The highest BCUT2D eigenvalue weighted by atomic mass is 19.1. The zero-order valence-corrected chi connectivity index (χ0v) is 17.5. The minimum atomic E-state index is -0.278. The average molecular weight is 421 g/mol. The Hall–Kier alpha value is -3.51. The van der Waals surface area contributed by atoms with E-state index >= 15 is 0 Å². The number of hydrogen-bond acceptors (Lipinski definition) is 2. The Labute approximate surface area is 181 Å². The second kappa shape index (κ2) is 11.0. The van der Waals surface area contributed by atoms with Crippen molar-refractivity contribution in [2.45, 2.75) is 13.0 Å². The Morgan fingerprint density at radius 2 is 1.58 bits per heavy atom. The molecule has 0 bridgehead atoms. The van der Waals surface area contributed by atoms with Crippen LogP contribution in [0.15, 0.2) is 78.9 Å². The molecule has 0 aliphatic heterocycles. The van der Waals surface area contributed by atoms with Crippen molar-refractivity contribution < 1.29 is 18.9 Å². The molecule has 0 spiro atoms. The van der Waals surface area contributed by atoms with Crippen LogP contribution in [0.1, 0.15) is 21.5 Å². The maximum Gasteiger partial charge on any atom is 0.279 e. The van der Waals surface area contributed by atoms with Crippen LogP contribution in [-0.2, 0) is 17.8 Å². The van der Waals surface area contributed by atoms with Crippen molar-refractivity contribution in [3.8, 4) is 0 Å². The summed E-state index contributed by atoms with van der Waals surface area (Å²) in [7, 11) is 1.83. The predicted octanol–water partition coefficient (Wildman–Crippen LogP) is 2.45. The Kier molecular flexibility index (Phi) is 7.90. The number of likely N-dealkylation sites (N-methyl/N-ethyl adjacent to an activating group) is 1. The van der Waals surface area contributed by atoms with Crippen LogP contribution >= 0.6 is 0 Å². The summed E-state index contributed by atoms with van der Waals surface area (Å²) in [6.07, 6.45) is 0.727. The van der Waals surface area contributed by atoms with Gasteiger partial charge in [0.25, 0.3) is 11.8 Å². The molecule has 0 fully saturated rings. The van der Waals surface area contributed by atoms with Crippen molar-refractivity contribution in [1.82, 2.24) is 5.32 Å². The molecule has 5 nitrogen and oxygen atoms in total. The summed E-state index contributed by atoms with van der Waals surface area (Å²) in [5, 5.41) is 5.72. The van der Waals surface area contributed by atoms with E-state index in [9.17, 15) is 14.0 Å². The molecule has 0 heterocycles. The lowest BCUT2D eigenvalue weighted by Crippen LogP contribution is -3.08. The van der Waals surface area contributed by atoms with E-state index in [0.29, 0.717) is 29.9 Å². The molecule has 1 unspecified atom stereocenters. The van der Waals surface area contributed by atoms with Gasteiger partial charge in [0, 0.05) is 12.1 Å². The lowest BCUT2D eigenvalue weighted by Gasteiger charge is -2.15. The molecule has 6 heteroatoms. The second-order valence-corrected chi connectivity index (χ2v) is 7.49. The molecule has 31 heavy (non-hydrogen) atoms. The van der Waals surface area contributed by atoms with Gasteiger partial charge in [-0.3, -0.25) is 9.59 Å². The van der Waals surface area contributed by atoms with Crippen molar-refractivity contribution in [3.05, 3.63) is 101 Å². The van der Waals surface area contributed by atoms with Gasteiger partial charge >= 0.3 is 0 Å². The fourth-order valence-electron chi connectivity index (χ4n) is 3.35. The molecule has 0 saturated heterocycles. The molecule has 3 N–H and O–H groups in total. The molecule has 0 aliphatic rings. The number of carbonyl (C=O) groups excluding carboxylic acids is 2. The summed E-state index contributed by atoms with van der Waals surface area (Å²) in [5.74, 6) is -0.753. The molecule has 2 amide bonds. The first-order valence-corrected chi connectivity index (χ1v) is 10.3. The minimum absolute atomic E-state index is 0.151. The first-order chi connectivity index (χ1) is 15.0. The van der Waals surface area contributed by atoms with Crippen LogP contribution in [0.4, 0.5) is 10.1 Å². The number of halogens is 1. The molecule has 160 valence electrons. The Bertz CT molecular complexity index is 1020. The molecule has 0 saturated carbocycles. The van der Waals surface area contributed by atoms with Gasteiger partial charge in [-0.1, -0.05) is 60.7 Å². The lowest BCUT2D eigenvalue weighted by molar-refractivity contribution is -0.885. The first-order valence-electron chi connectivity index (χ1n) is 10.3. The van der Waals surface area contributed by atoms with Gasteiger partial charge in [-0.2, -0.15) is 0 Å². The maximum atomic E-state index is 13.8. The highest BCUT2D eigenvalue weighted by Gasteiger charge is 2.16. The summed E-state index contributed by atoms with van der Waals surface area (Å²) >= 11 is 0. The summed E-state index contributed by atoms with van der Waals surface area (Å²) in [5.41, 5.74) is 2.58. The number of quaternary nitrogens is 1. The average Bonchev–Trinajstić information content (AvgIpc) is 2.76. The molecule has 0 aliphatic carbocycles. The topological polar surface area (TPSA) is 62.6 Å². The Morgan fingerprint density at radius 3 is 2.35 bits per heavy atom. The fraction of sp³-hybridized carbons (Fsp3) is 0.200. The van der Waals surface area contributed by atoms with Gasteiger partial charge in [0.2, 0.25) is 0 Å². The van der Waals surface area contributed by atoms with Gasteiger partial charge in [0.1, 0.15) is 12.4 Å². The highest BCUT2D eigenvalue weighted by Crippen LogP contribution is 2.14. The lowest BCUT2D eigenvalue weighted by atomic mass is 10.1. The van der Waals surface area contributed by atoms with Gasteiger partial charge in [-0.05, 0) is 30.2 Å². The number of anilines is 1. The predicted molar refractivity (Wildman–Crippen MR) is 119 cm³/mol. The molecule has 3 aromatic carbocycles. The van der Waals surface area contributed by atoms with Gasteiger partial charge in [0.05, 0.1) is 18.3 Å². The monoisotopic (exact) mass is 420 g/mol. The maximum absolute atomic E-state index is 13.8. The van der Waals surface area contributed by atoms with Gasteiger partial charge in [-0.15, -0.1) is 0 Å². The minimum Gasteiger partial charge on any atom is -0.352 e. The van der Waals surface area contributed by atoms with E-state index in [1.165, 1.54) is 6.07 Å². The summed E-state index contributed by atoms with van der Waals surface area (Å²) in [4.78, 5) is 26.0. The van der Waals surface area contributed by atoms with Gasteiger partial charge in [0.15, 0.2) is 6.54 Å². The SMILES string of the molecule is C[NH+](CC(=O)Nc1ccccc1C(=O)NCCc1ccccc1)Cc1ccccc1F. The number of hydrogen-bond donors (Lipinski definition) is 3. The number of benzene rings is 3. The zero-order chi connectivity index (χ0) is 22.1. The summed E-state index contributed by atoms with van der Waals surface area (Å²) < 4.78 is 13.8. The van der Waals surface area contributed by atoms with Crippen LogP contribution in [-0.4, -0.2) is 32.0 Å². The Balaban J connectivity index is 1.54. The van der Waals surface area contributed by atoms with Crippen LogP contribution < -0.4 is 15.5 Å². The van der Waals surface area contributed by atoms with E-state index in [1.807, 2.05) is 37.4 Å². The summed E-state index contributed by atoms with van der Waals surface area (Å²) in [6.45, 7) is 1.04. The number of carbonyl (C=O) groups is 2. The van der Waals surface area contributed by atoms with Gasteiger partial charge in [-0.25, -0.2) is 4.39 Å². The van der Waals surface area contributed by atoms with E-state index in [1.54, 1.807) is 42.5 Å². The molecule has 0 radical (unpaired) electrons. The van der Waals surface area contributed by atoms with E-state index < -0.39 is 0 Å². The third-order valence-corrected chi connectivity index (χ3v) is 4.90. The number of amides is 2. The second-order valence-electron chi connectivity index (χ2n) is 7.49. The number of nitrogens with one attached hydrogen (secondary N) is 3. The van der Waals surface area contributed by atoms with Crippen LogP contribution in [0.25, 0.3) is 0 Å². The van der Waals surface area contributed by atoms with Crippen molar-refractivity contribution in [1.29, 1.82) is 0 Å². The summed E-state index contributed by atoms with van der Waals surface area (Å²) in [6, 6.07) is 23.4. The fourth-order valence-corrected chi connectivity index (χ4v) is 3.35. The molecule has 1 atom stereocenters. The van der Waals surface area contributed by atoms with Crippen LogP contribution in [0.3, 0.4) is 0 Å². The normalized spacial score (nSPS) is 11.5. The Morgan fingerprint density at radius 1 is 0.903 bits per heavy atom. The molecule has 3 rings (SSSR count). The van der Waals surface area contributed by atoms with Crippen molar-refractivity contribution in [3.63, 3.8) is 0 Å². The van der Waals surface area contributed by atoms with E-state index in [4.69, 9.17) is 0 Å². The van der Waals surface area contributed by atoms with E-state index in [2.05, 4.69) is 10.6 Å². The van der Waals surface area contributed by atoms with E-state index in [-0.39, 0.29) is 24.2 Å². The molecular weight excluding hydrogens is 393 g/mol. The highest BCUT2D eigenvalue weighted by molar-refractivity contribution is 6.03. The number of para-hydroxylation sites is 1. The third kappa shape index (κ3) is 6.76. The smallest absolute Gasteiger partial charge is 0.279 e. The standard InChI is InChI=1S/C25H26FN3O2/c1-29(17-20-11-5-7-13-22(20)26)18-24(30)28-23-14-8-6-12-21(23)25(31)27-16-15-19-9-3-2-4-10-19/h2-14H,15-18H2,1H3,(H,27,31)(H,28,30)/p+1. The first kappa shape index (κ1) is 22.2. The third-order valence-electron chi connectivity index (χ3n) is 4.90. The molecule has 0 aromatic heterocycles. The van der Waals surface area contributed by atoms with Crippen LogP contribution in [0, 0.1) is 5.82 Å². The number of rotatable bonds is 9. The van der Waals surface area contributed by atoms with Crippen molar-refractivity contribution in [2.24, 2.45) is 0 Å². The zero-order valence-electron chi connectivity index (χ0n) is 17.5. The largest absolute Gasteiger partial charge is 0.352 e. The quantitative estimate of drug-likeness (QED) is 0.498. The molecule has 3 aromatic rings. The van der Waals surface area contributed by atoms with Crippen molar-refractivity contribution >= 4 is 17.5 Å². The van der Waals surface area contributed by atoms with E-state index in [0.717, 1.165) is 16.9 Å². The van der Waals surface area contributed by atoms with Crippen LogP contribution in [0.2, 0.25) is 0 Å². The molecular formula is C25H27FN3O2+. The van der Waals surface area contributed by atoms with Gasteiger partial charge < -0.3 is 15.5 Å². The van der Waals surface area contributed by atoms with Crippen molar-refractivity contribution in [2.75, 3.05) is 25.5 Å².